The normalized spacial score (nSPS) is 11.9. The van der Waals surface area contributed by atoms with E-state index in [1.165, 1.54) is 7.11 Å². The molecule has 0 fully saturated rings. The van der Waals surface area contributed by atoms with Gasteiger partial charge in [0.25, 0.3) is 0 Å². The first kappa shape index (κ1) is 24.3. The third-order valence-electron chi connectivity index (χ3n) is 4.15. The highest BCUT2D eigenvalue weighted by Gasteiger charge is 2.34. The first-order chi connectivity index (χ1) is 14.1. The van der Waals surface area contributed by atoms with Crippen molar-refractivity contribution in [3.8, 4) is 11.5 Å². The number of methoxy groups -OCH3 is 2. The van der Waals surface area contributed by atoms with Crippen molar-refractivity contribution in [2.24, 2.45) is 0 Å². The van der Waals surface area contributed by atoms with Crippen LogP contribution in [0.1, 0.15) is 11.1 Å². The van der Waals surface area contributed by atoms with Crippen LogP contribution in [-0.2, 0) is 11.2 Å². The lowest BCUT2D eigenvalue weighted by atomic mass is 10.1. The highest BCUT2D eigenvalue weighted by Crippen LogP contribution is 2.30. The maximum absolute atomic E-state index is 12.6. The molecule has 2 aromatic rings. The number of hydrogen-bond donors (Lipinski definition) is 3. The number of thiocarbonyl (C=S) groups is 1. The lowest BCUT2D eigenvalue weighted by Crippen LogP contribution is -2.56. The highest BCUT2D eigenvalue weighted by molar-refractivity contribution is 7.80. The minimum absolute atomic E-state index is 0.00405. The summed E-state index contributed by atoms with van der Waals surface area (Å²) in [6, 6.07) is 12.7. The summed E-state index contributed by atoms with van der Waals surface area (Å²) in [5.41, 5.74) is 2.44. The molecule has 0 bridgehead atoms. The van der Waals surface area contributed by atoms with Gasteiger partial charge in [-0.2, -0.15) is 0 Å². The van der Waals surface area contributed by atoms with E-state index in [0.29, 0.717) is 17.1 Å². The molecule has 0 saturated carbocycles. The number of anilines is 1. The molecule has 0 spiro atoms. The van der Waals surface area contributed by atoms with Gasteiger partial charge in [-0.25, -0.2) is 0 Å². The van der Waals surface area contributed by atoms with Gasteiger partial charge in [0.1, 0.15) is 17.7 Å². The molecule has 3 N–H and O–H groups in total. The summed E-state index contributed by atoms with van der Waals surface area (Å²) >= 11 is 23.5. The Balaban J connectivity index is 2.06. The number of aryl methyl sites for hydroxylation is 1. The van der Waals surface area contributed by atoms with Crippen molar-refractivity contribution in [3.63, 3.8) is 0 Å². The zero-order valence-electron chi connectivity index (χ0n) is 16.6. The summed E-state index contributed by atoms with van der Waals surface area (Å²) in [5.74, 6) is 0.741. The quantitative estimate of drug-likeness (QED) is 0.304. The summed E-state index contributed by atoms with van der Waals surface area (Å²) in [6.45, 7) is 1.93. The maximum Gasteiger partial charge on any atom is 0.228 e. The summed E-state index contributed by atoms with van der Waals surface area (Å²) in [4.78, 5) is 12.6. The smallest absolute Gasteiger partial charge is 0.228 e. The number of ether oxygens (including phenoxy) is 2. The Morgan fingerprint density at radius 2 is 1.80 bits per heavy atom. The van der Waals surface area contributed by atoms with E-state index in [0.717, 1.165) is 11.3 Å². The Bertz CT molecular complexity index is 906. The van der Waals surface area contributed by atoms with Gasteiger partial charge in [0.05, 0.1) is 20.6 Å². The molecule has 1 amide bonds. The van der Waals surface area contributed by atoms with Gasteiger partial charge < -0.3 is 25.4 Å². The number of para-hydroxylation sites is 1. The van der Waals surface area contributed by atoms with Crippen LogP contribution in [-0.4, -0.2) is 35.2 Å². The first-order valence-corrected chi connectivity index (χ1v) is 10.4. The first-order valence-electron chi connectivity index (χ1n) is 8.84. The molecule has 30 heavy (non-hydrogen) atoms. The highest BCUT2D eigenvalue weighted by atomic mass is 35.6. The number of hydrogen-bond acceptors (Lipinski definition) is 4. The molecule has 0 aliphatic heterocycles. The Kier molecular flexibility index (Phi) is 8.85. The van der Waals surface area contributed by atoms with Crippen molar-refractivity contribution >= 4 is 63.7 Å². The maximum atomic E-state index is 12.6. The van der Waals surface area contributed by atoms with Crippen LogP contribution in [0.3, 0.4) is 0 Å². The summed E-state index contributed by atoms with van der Waals surface area (Å²) < 4.78 is 8.63. The summed E-state index contributed by atoms with van der Waals surface area (Å²) in [6.07, 6.45) is -1.06. The predicted molar refractivity (Wildman–Crippen MR) is 126 cm³/mol. The molecule has 6 nitrogen and oxygen atoms in total. The fourth-order valence-electron chi connectivity index (χ4n) is 2.59. The topological polar surface area (TPSA) is 71.6 Å². The van der Waals surface area contributed by atoms with Gasteiger partial charge in [0.15, 0.2) is 5.11 Å². The average Bonchev–Trinajstić information content (AvgIpc) is 2.68. The number of benzene rings is 2. The second kappa shape index (κ2) is 10.9. The number of alkyl halides is 3. The number of amides is 1. The van der Waals surface area contributed by atoms with E-state index in [1.807, 2.05) is 31.2 Å². The number of nitrogens with one attached hydrogen (secondary N) is 3. The Hall–Kier alpha value is -1.93. The third-order valence-corrected chi connectivity index (χ3v) is 5.02. The van der Waals surface area contributed by atoms with Crippen LogP contribution < -0.4 is 25.4 Å². The van der Waals surface area contributed by atoms with Gasteiger partial charge in [-0.05, 0) is 36.8 Å². The van der Waals surface area contributed by atoms with Crippen molar-refractivity contribution in [2.45, 2.75) is 23.3 Å². The minimum Gasteiger partial charge on any atom is -0.497 e. The van der Waals surface area contributed by atoms with E-state index in [4.69, 9.17) is 56.5 Å². The molecule has 162 valence electrons. The van der Waals surface area contributed by atoms with E-state index in [2.05, 4.69) is 16.0 Å². The second-order valence-electron chi connectivity index (χ2n) is 6.31. The molecule has 0 radical (unpaired) electrons. The molecule has 0 aromatic heterocycles. The van der Waals surface area contributed by atoms with Crippen LogP contribution in [0.4, 0.5) is 5.69 Å². The fraction of sp³-hybridized carbons (Fsp3) is 0.300. The molecular formula is C20H22Cl3N3O3S. The third kappa shape index (κ3) is 7.09. The van der Waals surface area contributed by atoms with E-state index in [9.17, 15) is 4.79 Å². The molecule has 1 atom stereocenters. The zero-order valence-corrected chi connectivity index (χ0v) is 19.7. The van der Waals surface area contributed by atoms with E-state index >= 15 is 0 Å². The lowest BCUT2D eigenvalue weighted by molar-refractivity contribution is -0.121. The Labute approximate surface area is 196 Å². The molecule has 0 aliphatic carbocycles. The predicted octanol–water partition coefficient (Wildman–Crippen LogP) is 4.35. The standard InChI is InChI=1S/C20H22Cl3N3O3S/c1-12-6-4-5-7-15(12)24-19(30)26-18(20(21,22)23)25-17(27)10-13-8-9-14(28-2)11-16(13)29-3/h4-9,11,18H,10H2,1-3H3,(H,25,27)(H2,24,26,30). The van der Waals surface area contributed by atoms with E-state index in [1.54, 1.807) is 25.3 Å². The fourth-order valence-corrected chi connectivity index (χ4v) is 3.14. The van der Waals surface area contributed by atoms with Gasteiger partial charge >= 0.3 is 0 Å². The summed E-state index contributed by atoms with van der Waals surface area (Å²) in [7, 11) is 3.06. The van der Waals surface area contributed by atoms with Crippen LogP contribution >= 0.6 is 47.0 Å². The van der Waals surface area contributed by atoms with Gasteiger partial charge in [0.2, 0.25) is 9.70 Å². The van der Waals surface area contributed by atoms with Gasteiger partial charge in [-0.15, -0.1) is 0 Å². The number of rotatable bonds is 7. The van der Waals surface area contributed by atoms with Gasteiger partial charge in [-0.1, -0.05) is 59.1 Å². The van der Waals surface area contributed by atoms with Crippen molar-refractivity contribution in [2.75, 3.05) is 19.5 Å². The summed E-state index contributed by atoms with van der Waals surface area (Å²) in [5, 5.41) is 8.72. The lowest BCUT2D eigenvalue weighted by Gasteiger charge is -2.28. The molecular weight excluding hydrogens is 469 g/mol. The van der Waals surface area contributed by atoms with Crippen molar-refractivity contribution < 1.29 is 14.3 Å². The minimum atomic E-state index is -1.85. The molecule has 2 rings (SSSR count). The van der Waals surface area contributed by atoms with Gasteiger partial charge in [0, 0.05) is 17.3 Å². The monoisotopic (exact) mass is 489 g/mol. The zero-order chi connectivity index (χ0) is 22.3. The molecule has 0 heterocycles. The van der Waals surface area contributed by atoms with E-state index in [-0.39, 0.29) is 17.4 Å². The van der Waals surface area contributed by atoms with Crippen LogP contribution in [0, 0.1) is 6.92 Å². The largest absolute Gasteiger partial charge is 0.497 e. The number of carbonyl (C=O) groups is 1. The van der Waals surface area contributed by atoms with Crippen LogP contribution in [0.15, 0.2) is 42.5 Å². The molecule has 10 heteroatoms. The van der Waals surface area contributed by atoms with Crippen LogP contribution in [0.25, 0.3) is 0 Å². The Morgan fingerprint density at radius 1 is 1.10 bits per heavy atom. The van der Waals surface area contributed by atoms with Crippen molar-refractivity contribution in [3.05, 3.63) is 53.6 Å². The Morgan fingerprint density at radius 3 is 2.40 bits per heavy atom. The van der Waals surface area contributed by atoms with Crippen LogP contribution in [0.5, 0.6) is 11.5 Å². The molecule has 1 unspecified atom stereocenters. The molecule has 0 aliphatic rings. The molecule has 0 saturated heterocycles. The van der Waals surface area contributed by atoms with Gasteiger partial charge in [-0.3, -0.25) is 4.79 Å². The number of carbonyl (C=O) groups excluding carboxylic acids is 1. The number of halogens is 3. The molecule has 2 aromatic carbocycles. The SMILES string of the molecule is COc1ccc(CC(=O)NC(NC(=S)Nc2ccccc2C)C(Cl)(Cl)Cl)c(OC)c1. The second-order valence-corrected chi connectivity index (χ2v) is 9.09. The van der Waals surface area contributed by atoms with E-state index < -0.39 is 9.96 Å². The average molecular weight is 491 g/mol. The van der Waals surface area contributed by atoms with Crippen molar-refractivity contribution in [1.29, 1.82) is 0 Å². The van der Waals surface area contributed by atoms with Crippen molar-refractivity contribution in [1.82, 2.24) is 10.6 Å². The van der Waals surface area contributed by atoms with Crippen LogP contribution in [0.2, 0.25) is 0 Å².